The molecule has 2 heterocycles. The molecule has 1 atom stereocenters. The Morgan fingerprint density at radius 1 is 1.20 bits per heavy atom. The number of carbonyl (C=O) groups is 1. The summed E-state index contributed by atoms with van der Waals surface area (Å²) in [4.78, 5) is 30.0. The van der Waals surface area contributed by atoms with Gasteiger partial charge in [-0.05, 0) is 55.9 Å². The summed E-state index contributed by atoms with van der Waals surface area (Å²) in [6, 6.07) is 11.3. The molecule has 4 rings (SSSR count). The molecule has 0 amide bonds. The number of H-pyrrole nitrogens is 1. The number of methoxy groups -OCH3 is 1. The molecule has 0 fully saturated rings. The second kappa shape index (κ2) is 8.53. The van der Waals surface area contributed by atoms with Gasteiger partial charge < -0.3 is 4.74 Å². The Morgan fingerprint density at radius 2 is 2.03 bits per heavy atom. The lowest BCUT2D eigenvalue weighted by Crippen LogP contribution is -2.37. The van der Waals surface area contributed by atoms with Crippen LogP contribution in [-0.4, -0.2) is 27.7 Å². The lowest BCUT2D eigenvalue weighted by Gasteiger charge is -2.15. The van der Waals surface area contributed by atoms with Crippen LogP contribution >= 0.6 is 0 Å². The molecule has 6 nitrogen and oxygen atoms in total. The fraction of sp³-hybridized carbons (Fsp3) is 0.292. The van der Waals surface area contributed by atoms with Crippen LogP contribution in [0.3, 0.4) is 0 Å². The number of ether oxygens (including phenoxy) is 1. The Hall–Kier alpha value is -3.41. The zero-order valence-electron chi connectivity index (χ0n) is 17.2. The van der Waals surface area contributed by atoms with Crippen LogP contribution in [0.2, 0.25) is 0 Å². The van der Waals surface area contributed by atoms with E-state index in [1.165, 1.54) is 10.2 Å². The second-order valence-electron chi connectivity index (χ2n) is 7.66. The summed E-state index contributed by atoms with van der Waals surface area (Å²) < 4.78 is 6.87. The minimum atomic E-state index is -0.157. The van der Waals surface area contributed by atoms with Gasteiger partial charge in [0.25, 0.3) is 5.56 Å². The first kappa shape index (κ1) is 19.9. The van der Waals surface area contributed by atoms with Gasteiger partial charge in [-0.25, -0.2) is 4.68 Å². The Labute approximate surface area is 174 Å². The van der Waals surface area contributed by atoms with E-state index in [4.69, 9.17) is 4.74 Å². The van der Waals surface area contributed by atoms with E-state index in [1.54, 1.807) is 25.4 Å². The number of pyridine rings is 1. The Bertz CT molecular complexity index is 1240. The molecular formula is C24H25N3O3. The molecule has 0 spiro atoms. The summed E-state index contributed by atoms with van der Waals surface area (Å²) >= 11 is 0. The van der Waals surface area contributed by atoms with Crippen LogP contribution in [0.5, 0.6) is 5.75 Å². The van der Waals surface area contributed by atoms with Gasteiger partial charge in [-0.3, -0.25) is 19.7 Å². The maximum atomic E-state index is 13.3. The number of para-hydroxylation sites is 2. The van der Waals surface area contributed by atoms with Crippen molar-refractivity contribution in [2.75, 3.05) is 7.11 Å². The molecule has 6 heteroatoms. The molecule has 0 bridgehead atoms. The molecular weight excluding hydrogens is 378 g/mol. The van der Waals surface area contributed by atoms with Gasteiger partial charge in [0.1, 0.15) is 11.4 Å². The standard InChI is InChI=1S/C24H25N3O3/c1-16-18(9-5-7-17-8-6-12-25-15-17)13-19(28)14-20-23(16)24(29)27(26-20)21-10-3-4-11-22(21)30-2/h3-4,6,8,10-12,14-15,18,26H,5,7,9,13H2,1-2H3. The van der Waals surface area contributed by atoms with Crippen LogP contribution in [-0.2, 0) is 11.2 Å². The van der Waals surface area contributed by atoms with E-state index in [-0.39, 0.29) is 17.3 Å². The number of aromatic amines is 1. The topological polar surface area (TPSA) is 77.0 Å². The first-order valence-corrected chi connectivity index (χ1v) is 10.2. The zero-order valence-corrected chi connectivity index (χ0v) is 17.2. The van der Waals surface area contributed by atoms with Crippen molar-refractivity contribution in [3.63, 3.8) is 0 Å². The first-order chi connectivity index (χ1) is 14.6. The normalized spacial score (nSPS) is 16.0. The lowest BCUT2D eigenvalue weighted by atomic mass is 9.89. The summed E-state index contributed by atoms with van der Waals surface area (Å²) in [5.74, 6) is 0.669. The number of aryl methyl sites for hydroxylation is 1. The third-order valence-electron chi connectivity index (χ3n) is 5.75. The van der Waals surface area contributed by atoms with E-state index in [1.807, 2.05) is 37.4 Å². The fourth-order valence-corrected chi connectivity index (χ4v) is 4.16. The number of benzene rings is 1. The predicted molar refractivity (Wildman–Crippen MR) is 116 cm³/mol. The van der Waals surface area contributed by atoms with Crippen molar-refractivity contribution in [2.24, 2.45) is 5.92 Å². The van der Waals surface area contributed by atoms with E-state index < -0.39 is 0 Å². The van der Waals surface area contributed by atoms with E-state index >= 15 is 0 Å². The number of hydrogen-bond donors (Lipinski definition) is 1. The van der Waals surface area contributed by atoms with Gasteiger partial charge in [-0.15, -0.1) is 0 Å². The minimum absolute atomic E-state index is 0.0351. The fourth-order valence-electron chi connectivity index (χ4n) is 4.16. The highest BCUT2D eigenvalue weighted by Crippen LogP contribution is 2.24. The Balaban J connectivity index is 1.71. The first-order valence-electron chi connectivity index (χ1n) is 10.2. The molecule has 1 unspecified atom stereocenters. The van der Waals surface area contributed by atoms with Gasteiger partial charge in [0, 0.05) is 24.9 Å². The number of aromatic nitrogens is 3. The van der Waals surface area contributed by atoms with Crippen molar-refractivity contribution in [3.05, 3.63) is 75.3 Å². The van der Waals surface area contributed by atoms with Crippen LogP contribution in [0.1, 0.15) is 31.7 Å². The third kappa shape index (κ3) is 3.85. The molecule has 0 radical (unpaired) electrons. The average molecular weight is 403 g/mol. The number of ketones is 1. The second-order valence-corrected chi connectivity index (χ2v) is 7.66. The summed E-state index contributed by atoms with van der Waals surface area (Å²) in [5.41, 5.74) is 2.62. The van der Waals surface area contributed by atoms with Gasteiger partial charge in [0.05, 0.1) is 17.7 Å². The average Bonchev–Trinajstić information content (AvgIpc) is 3.02. The molecule has 1 N–H and O–H groups in total. The van der Waals surface area contributed by atoms with Gasteiger partial charge >= 0.3 is 0 Å². The van der Waals surface area contributed by atoms with Crippen LogP contribution in [0.4, 0.5) is 0 Å². The van der Waals surface area contributed by atoms with Crippen LogP contribution < -0.4 is 20.9 Å². The Morgan fingerprint density at radius 3 is 2.80 bits per heavy atom. The summed E-state index contributed by atoms with van der Waals surface area (Å²) in [5, 5.41) is 4.28. The monoisotopic (exact) mass is 403 g/mol. The quantitative estimate of drug-likeness (QED) is 0.684. The molecule has 2 aromatic heterocycles. The van der Waals surface area contributed by atoms with Crippen molar-refractivity contribution in [1.82, 2.24) is 14.8 Å². The number of rotatable bonds is 6. The van der Waals surface area contributed by atoms with Crippen LogP contribution in [0.25, 0.3) is 17.3 Å². The van der Waals surface area contributed by atoms with Crippen molar-refractivity contribution < 1.29 is 9.53 Å². The molecule has 30 heavy (non-hydrogen) atoms. The number of fused-ring (bicyclic) bond motifs is 1. The molecule has 154 valence electrons. The lowest BCUT2D eigenvalue weighted by molar-refractivity contribution is -0.113. The maximum Gasteiger partial charge on any atom is 0.279 e. The van der Waals surface area contributed by atoms with E-state index in [0.717, 1.165) is 24.8 Å². The molecule has 1 aromatic carbocycles. The molecule has 3 aromatic rings. The highest BCUT2D eigenvalue weighted by atomic mass is 16.5. The van der Waals surface area contributed by atoms with Crippen molar-refractivity contribution in [3.8, 4) is 11.4 Å². The van der Waals surface area contributed by atoms with E-state index in [2.05, 4.69) is 16.1 Å². The number of nitrogens with zero attached hydrogens (tertiary/aromatic N) is 2. The Kier molecular flexibility index (Phi) is 5.65. The van der Waals surface area contributed by atoms with Crippen molar-refractivity contribution in [1.29, 1.82) is 0 Å². The van der Waals surface area contributed by atoms with E-state index in [0.29, 0.717) is 28.4 Å². The largest absolute Gasteiger partial charge is 0.494 e. The number of nitrogens with one attached hydrogen (secondary N) is 1. The minimum Gasteiger partial charge on any atom is -0.494 e. The predicted octanol–water partition coefficient (Wildman–Crippen LogP) is 2.13. The zero-order chi connectivity index (χ0) is 21.1. The molecule has 0 aliphatic heterocycles. The van der Waals surface area contributed by atoms with Crippen molar-refractivity contribution in [2.45, 2.75) is 32.6 Å². The van der Waals surface area contributed by atoms with E-state index in [9.17, 15) is 9.59 Å². The van der Waals surface area contributed by atoms with Crippen LogP contribution in [0.15, 0.2) is 53.6 Å². The summed E-state index contributed by atoms with van der Waals surface area (Å²) in [7, 11) is 1.57. The van der Waals surface area contributed by atoms with Gasteiger partial charge in [0.15, 0.2) is 5.78 Å². The number of Topliss-reactive ketones (excluding diaryl/α,β-unsaturated/α-hetero) is 1. The number of carbonyl (C=O) groups excluding carboxylic acids is 1. The highest BCUT2D eigenvalue weighted by molar-refractivity contribution is 6.06. The highest BCUT2D eigenvalue weighted by Gasteiger charge is 2.22. The van der Waals surface area contributed by atoms with Crippen LogP contribution in [0, 0.1) is 5.92 Å². The SMILES string of the molecule is COc1ccccc1-n1[nH]c2c(c1=O)=C(C)C(CCCc1cccnc1)CC(=O)C=2. The molecule has 1 aliphatic carbocycles. The molecule has 0 saturated carbocycles. The van der Waals surface area contributed by atoms with Crippen molar-refractivity contribution >= 4 is 17.4 Å². The maximum absolute atomic E-state index is 13.3. The molecule has 1 aliphatic rings. The number of hydrogen-bond acceptors (Lipinski definition) is 4. The van der Waals surface area contributed by atoms with Gasteiger partial charge in [-0.1, -0.05) is 23.8 Å². The van der Waals surface area contributed by atoms with Gasteiger partial charge in [0.2, 0.25) is 0 Å². The van der Waals surface area contributed by atoms with Gasteiger partial charge in [-0.2, -0.15) is 0 Å². The summed E-state index contributed by atoms with van der Waals surface area (Å²) in [6.07, 6.45) is 8.31. The summed E-state index contributed by atoms with van der Waals surface area (Å²) in [6.45, 7) is 1.97. The third-order valence-corrected chi connectivity index (χ3v) is 5.75. The molecule has 0 saturated heterocycles. The smallest absolute Gasteiger partial charge is 0.279 e.